The second-order valence-electron chi connectivity index (χ2n) is 7.23. The van der Waals surface area contributed by atoms with Crippen molar-refractivity contribution < 1.29 is 19.5 Å². The molecule has 2 N–H and O–H groups in total. The van der Waals surface area contributed by atoms with Gasteiger partial charge < -0.3 is 10.4 Å². The molecule has 0 radical (unpaired) electrons. The van der Waals surface area contributed by atoms with E-state index in [4.69, 9.17) is 0 Å². The van der Waals surface area contributed by atoms with Crippen LogP contribution < -0.4 is 10.2 Å². The minimum absolute atomic E-state index is 0.0955. The molecule has 2 aliphatic rings. The van der Waals surface area contributed by atoms with Gasteiger partial charge in [0.1, 0.15) is 5.75 Å². The van der Waals surface area contributed by atoms with E-state index >= 15 is 0 Å². The van der Waals surface area contributed by atoms with Crippen LogP contribution in [0.2, 0.25) is 0 Å². The van der Waals surface area contributed by atoms with Crippen molar-refractivity contribution >= 4 is 29.1 Å². The fourth-order valence-electron chi connectivity index (χ4n) is 3.88. The lowest BCUT2D eigenvalue weighted by molar-refractivity contribution is -0.122. The summed E-state index contributed by atoms with van der Waals surface area (Å²) in [6.45, 7) is 1.97. The van der Waals surface area contributed by atoms with E-state index in [0.717, 1.165) is 5.57 Å². The van der Waals surface area contributed by atoms with Crippen LogP contribution in [0.5, 0.6) is 5.75 Å². The van der Waals surface area contributed by atoms with Crippen molar-refractivity contribution in [3.05, 3.63) is 65.7 Å². The molecule has 2 aromatic carbocycles. The van der Waals surface area contributed by atoms with Crippen molar-refractivity contribution in [3.63, 3.8) is 0 Å². The molecule has 4 rings (SSSR count). The predicted octanol–water partition coefficient (Wildman–Crippen LogP) is 3.49. The van der Waals surface area contributed by atoms with Gasteiger partial charge in [-0.05, 0) is 56.2 Å². The maximum absolute atomic E-state index is 13.0. The van der Waals surface area contributed by atoms with E-state index in [1.165, 1.54) is 17.0 Å². The number of anilines is 2. The Bertz CT molecular complexity index is 994. The first-order chi connectivity index (χ1) is 13.5. The lowest BCUT2D eigenvalue weighted by Crippen LogP contribution is -2.33. The Hall–Kier alpha value is -3.41. The molecule has 0 saturated carbocycles. The summed E-state index contributed by atoms with van der Waals surface area (Å²) in [4.78, 5) is 39.9. The Morgan fingerprint density at radius 3 is 2.46 bits per heavy atom. The average Bonchev–Trinajstić information content (AvgIpc) is 2.93. The number of benzene rings is 2. The number of para-hydroxylation sites is 1. The number of carbonyl (C=O) groups is 3. The summed E-state index contributed by atoms with van der Waals surface area (Å²) in [5.74, 6) is -1.53. The lowest BCUT2D eigenvalue weighted by atomic mass is 9.82. The number of nitrogens with zero attached hydrogens (tertiary/aromatic N) is 1. The number of phenolic OH excluding ortho intramolecular Hbond substituents is 1. The van der Waals surface area contributed by atoms with Crippen LogP contribution in [0.1, 0.15) is 30.1 Å². The van der Waals surface area contributed by atoms with Crippen molar-refractivity contribution in [1.82, 2.24) is 0 Å². The molecule has 142 valence electrons. The molecular weight excluding hydrogens is 356 g/mol. The number of hydrogen-bond acceptors (Lipinski definition) is 4. The first-order valence-electron chi connectivity index (χ1n) is 9.18. The van der Waals surface area contributed by atoms with Crippen LogP contribution >= 0.6 is 0 Å². The van der Waals surface area contributed by atoms with Gasteiger partial charge in [-0.1, -0.05) is 23.8 Å². The highest BCUT2D eigenvalue weighted by atomic mass is 16.3. The van der Waals surface area contributed by atoms with Crippen LogP contribution in [0.15, 0.2) is 60.2 Å². The standard InChI is InChI=1S/C22H20N2O4/c1-13-6-11-16-18(12-13)22(28)24(21(16)27)19-5-3-2-4-17(19)20(26)23-14-7-9-15(25)10-8-14/h2-10,16,18,25H,11-12H2,1H3,(H,23,26)/t16-,18+/m1/s1. The van der Waals surface area contributed by atoms with Gasteiger partial charge >= 0.3 is 0 Å². The number of hydrogen-bond donors (Lipinski definition) is 2. The summed E-state index contributed by atoms with van der Waals surface area (Å²) in [5, 5.41) is 12.1. The van der Waals surface area contributed by atoms with E-state index in [9.17, 15) is 19.5 Å². The Labute approximate surface area is 162 Å². The van der Waals surface area contributed by atoms with Gasteiger partial charge in [0.2, 0.25) is 11.8 Å². The minimum Gasteiger partial charge on any atom is -0.508 e. The summed E-state index contributed by atoms with van der Waals surface area (Å²) in [6.07, 6.45) is 3.15. The maximum Gasteiger partial charge on any atom is 0.257 e. The van der Waals surface area contributed by atoms with E-state index in [-0.39, 0.29) is 35.0 Å². The van der Waals surface area contributed by atoms with E-state index in [1.54, 1.807) is 36.4 Å². The SMILES string of the molecule is CC1=CC[C@H]2C(=O)N(c3ccccc3C(=O)Nc3ccc(O)cc3)C(=O)[C@H]2C1. The largest absolute Gasteiger partial charge is 0.508 e. The van der Waals surface area contributed by atoms with Crippen LogP contribution in [0.25, 0.3) is 0 Å². The van der Waals surface area contributed by atoms with Crippen LogP contribution in [-0.2, 0) is 9.59 Å². The Morgan fingerprint density at radius 2 is 1.71 bits per heavy atom. The normalized spacial score (nSPS) is 21.3. The zero-order valence-electron chi connectivity index (χ0n) is 15.4. The number of aromatic hydroxyl groups is 1. The van der Waals surface area contributed by atoms with Gasteiger partial charge in [-0.25, -0.2) is 4.90 Å². The van der Waals surface area contributed by atoms with Gasteiger partial charge in [0.15, 0.2) is 0 Å². The molecule has 6 heteroatoms. The molecule has 2 atom stereocenters. The second kappa shape index (κ2) is 6.96. The minimum atomic E-state index is -0.425. The molecule has 1 saturated heterocycles. The molecule has 0 spiro atoms. The summed E-state index contributed by atoms with van der Waals surface area (Å²) in [6, 6.07) is 12.7. The van der Waals surface area contributed by atoms with Crippen molar-refractivity contribution in [2.45, 2.75) is 19.8 Å². The highest BCUT2D eigenvalue weighted by Gasteiger charge is 2.49. The van der Waals surface area contributed by atoms with Gasteiger partial charge in [0.25, 0.3) is 5.91 Å². The monoisotopic (exact) mass is 376 g/mol. The summed E-state index contributed by atoms with van der Waals surface area (Å²) in [5.41, 5.74) is 2.18. The zero-order valence-corrected chi connectivity index (χ0v) is 15.4. The lowest BCUT2D eigenvalue weighted by Gasteiger charge is -2.19. The number of allylic oxidation sites excluding steroid dienone is 2. The average molecular weight is 376 g/mol. The van der Waals surface area contributed by atoms with Crippen molar-refractivity contribution in [3.8, 4) is 5.75 Å². The predicted molar refractivity (Wildman–Crippen MR) is 105 cm³/mol. The number of phenols is 1. The Kier molecular flexibility index (Phi) is 4.47. The molecule has 2 aromatic rings. The van der Waals surface area contributed by atoms with Crippen LogP contribution in [-0.4, -0.2) is 22.8 Å². The number of imide groups is 1. The molecule has 0 aromatic heterocycles. The third-order valence-electron chi connectivity index (χ3n) is 5.34. The molecule has 1 heterocycles. The summed E-state index contributed by atoms with van der Waals surface area (Å²) >= 11 is 0. The van der Waals surface area contributed by atoms with E-state index in [2.05, 4.69) is 5.32 Å². The second-order valence-corrected chi connectivity index (χ2v) is 7.23. The van der Waals surface area contributed by atoms with Gasteiger partial charge in [0.05, 0.1) is 23.1 Å². The van der Waals surface area contributed by atoms with Crippen molar-refractivity contribution in [1.29, 1.82) is 0 Å². The summed E-state index contributed by atoms with van der Waals surface area (Å²) in [7, 11) is 0. The molecule has 0 unspecified atom stereocenters. The fraction of sp³-hybridized carbons (Fsp3) is 0.227. The number of amides is 3. The van der Waals surface area contributed by atoms with E-state index in [0.29, 0.717) is 24.2 Å². The summed E-state index contributed by atoms with van der Waals surface area (Å²) < 4.78 is 0. The first kappa shape index (κ1) is 18.0. The molecule has 3 amide bonds. The topological polar surface area (TPSA) is 86.7 Å². The Morgan fingerprint density at radius 1 is 1.04 bits per heavy atom. The van der Waals surface area contributed by atoms with Gasteiger partial charge in [0, 0.05) is 5.69 Å². The molecule has 1 aliphatic carbocycles. The van der Waals surface area contributed by atoms with Crippen molar-refractivity contribution in [2.75, 3.05) is 10.2 Å². The zero-order chi connectivity index (χ0) is 19.8. The molecule has 1 fully saturated rings. The van der Waals surface area contributed by atoms with Gasteiger partial charge in [-0.2, -0.15) is 0 Å². The molecular formula is C22H20N2O4. The fourth-order valence-corrected chi connectivity index (χ4v) is 3.88. The first-order valence-corrected chi connectivity index (χ1v) is 9.18. The molecule has 28 heavy (non-hydrogen) atoms. The van der Waals surface area contributed by atoms with Crippen LogP contribution in [0.4, 0.5) is 11.4 Å². The number of fused-ring (bicyclic) bond motifs is 1. The number of rotatable bonds is 3. The smallest absolute Gasteiger partial charge is 0.257 e. The molecule has 1 aliphatic heterocycles. The molecule has 6 nitrogen and oxygen atoms in total. The molecule has 0 bridgehead atoms. The highest BCUT2D eigenvalue weighted by molar-refractivity contribution is 6.25. The van der Waals surface area contributed by atoms with E-state index < -0.39 is 5.91 Å². The van der Waals surface area contributed by atoms with E-state index in [1.807, 2.05) is 13.0 Å². The van der Waals surface area contributed by atoms with Gasteiger partial charge in [-0.15, -0.1) is 0 Å². The third kappa shape index (κ3) is 3.07. The number of carbonyl (C=O) groups excluding carboxylic acids is 3. The van der Waals surface area contributed by atoms with Gasteiger partial charge in [-0.3, -0.25) is 14.4 Å². The maximum atomic E-state index is 13.0. The highest BCUT2D eigenvalue weighted by Crippen LogP contribution is 2.40. The van der Waals surface area contributed by atoms with Crippen molar-refractivity contribution in [2.24, 2.45) is 11.8 Å². The van der Waals surface area contributed by atoms with Crippen LogP contribution in [0.3, 0.4) is 0 Å². The number of nitrogens with one attached hydrogen (secondary N) is 1. The van der Waals surface area contributed by atoms with Crippen LogP contribution in [0, 0.1) is 11.8 Å². The Balaban J connectivity index is 1.65. The quantitative estimate of drug-likeness (QED) is 0.488. The third-order valence-corrected chi connectivity index (χ3v) is 5.34.